The van der Waals surface area contributed by atoms with Gasteiger partial charge in [0, 0.05) is 6.04 Å². The maximum absolute atomic E-state index is 12.5. The van der Waals surface area contributed by atoms with Gasteiger partial charge in [0.1, 0.15) is 5.75 Å². The predicted octanol–water partition coefficient (Wildman–Crippen LogP) is 3.73. The Morgan fingerprint density at radius 2 is 1.68 bits per heavy atom. The number of hydrogen-bond acceptors (Lipinski definition) is 2. The smallest absolute Gasteiger partial charge is 0.255 e. The first kappa shape index (κ1) is 14.1. The highest BCUT2D eigenvalue weighted by atomic mass is 16.3. The van der Waals surface area contributed by atoms with E-state index in [0.29, 0.717) is 11.0 Å². The zero-order chi connectivity index (χ0) is 15.3. The Morgan fingerprint density at radius 1 is 1.14 bits per heavy atom. The number of nitrogens with one attached hydrogen (secondary N) is 1. The van der Waals surface area contributed by atoms with Crippen molar-refractivity contribution in [3.05, 3.63) is 29.8 Å². The van der Waals surface area contributed by atoms with Crippen LogP contribution in [0.3, 0.4) is 0 Å². The van der Waals surface area contributed by atoms with Crippen LogP contribution < -0.4 is 5.32 Å². The lowest BCUT2D eigenvalue weighted by molar-refractivity contribution is -0.0688. The molecule has 2 N–H and O–H groups in total. The summed E-state index contributed by atoms with van der Waals surface area (Å²) in [6, 6.07) is 6.99. The van der Waals surface area contributed by atoms with Crippen LogP contribution in [0.15, 0.2) is 24.3 Å². The van der Waals surface area contributed by atoms with E-state index in [0.717, 1.165) is 17.8 Å². The van der Waals surface area contributed by atoms with Crippen LogP contribution in [0, 0.1) is 23.2 Å². The predicted molar refractivity (Wildman–Crippen MR) is 85.6 cm³/mol. The molecule has 3 heteroatoms. The van der Waals surface area contributed by atoms with Crippen molar-refractivity contribution in [3.8, 4) is 5.75 Å². The molecule has 5 rings (SSSR count). The van der Waals surface area contributed by atoms with Crippen LogP contribution in [0.25, 0.3) is 0 Å². The lowest BCUT2D eigenvalue weighted by Crippen LogP contribution is -2.55. The van der Waals surface area contributed by atoms with Crippen LogP contribution in [0.4, 0.5) is 0 Å². The fourth-order valence-corrected chi connectivity index (χ4v) is 5.80. The molecule has 0 heterocycles. The third-order valence-electron chi connectivity index (χ3n) is 6.50. The highest BCUT2D eigenvalue weighted by Crippen LogP contribution is 2.61. The summed E-state index contributed by atoms with van der Waals surface area (Å²) in [5.74, 6) is 2.58. The minimum Gasteiger partial charge on any atom is -0.507 e. The molecule has 1 aromatic rings. The monoisotopic (exact) mass is 299 g/mol. The van der Waals surface area contributed by atoms with Gasteiger partial charge in [-0.05, 0) is 80.8 Å². The maximum atomic E-state index is 12.5. The van der Waals surface area contributed by atoms with Crippen LogP contribution >= 0.6 is 0 Å². The van der Waals surface area contributed by atoms with E-state index in [4.69, 9.17) is 0 Å². The normalized spacial score (nSPS) is 37.0. The quantitative estimate of drug-likeness (QED) is 0.893. The van der Waals surface area contributed by atoms with E-state index in [2.05, 4.69) is 12.2 Å². The molecule has 4 aliphatic carbocycles. The van der Waals surface area contributed by atoms with Crippen LogP contribution in [-0.2, 0) is 0 Å². The molecule has 1 aromatic carbocycles. The molecule has 4 bridgehead atoms. The van der Waals surface area contributed by atoms with Crippen LogP contribution in [-0.4, -0.2) is 17.1 Å². The molecule has 0 radical (unpaired) electrons. The van der Waals surface area contributed by atoms with Gasteiger partial charge >= 0.3 is 0 Å². The number of benzene rings is 1. The van der Waals surface area contributed by atoms with Crippen LogP contribution in [0.5, 0.6) is 5.75 Å². The summed E-state index contributed by atoms with van der Waals surface area (Å²) in [6.07, 6.45) is 8.09. The highest BCUT2D eigenvalue weighted by Gasteiger charge is 2.53. The summed E-state index contributed by atoms with van der Waals surface area (Å²) in [4.78, 5) is 12.5. The summed E-state index contributed by atoms with van der Waals surface area (Å²) >= 11 is 0. The summed E-state index contributed by atoms with van der Waals surface area (Å²) in [6.45, 7) is 2.17. The molecule has 22 heavy (non-hydrogen) atoms. The van der Waals surface area contributed by atoms with Gasteiger partial charge < -0.3 is 10.4 Å². The van der Waals surface area contributed by atoms with Crippen molar-refractivity contribution in [1.29, 1.82) is 0 Å². The average Bonchev–Trinajstić information content (AvgIpc) is 2.46. The van der Waals surface area contributed by atoms with E-state index in [-0.39, 0.29) is 17.7 Å². The van der Waals surface area contributed by atoms with Crippen molar-refractivity contribution in [2.45, 2.75) is 51.5 Å². The second-order valence-electron chi connectivity index (χ2n) is 7.99. The SMILES string of the molecule is C[C@@H](NC(=O)c1ccccc1O)C12CC3CC(CC(C3)C1)C2. The second-order valence-corrected chi connectivity index (χ2v) is 7.99. The summed E-state index contributed by atoms with van der Waals surface area (Å²) in [5, 5.41) is 13.1. The molecule has 118 valence electrons. The van der Waals surface area contributed by atoms with Crippen LogP contribution in [0.1, 0.15) is 55.8 Å². The number of amides is 1. The molecule has 3 nitrogen and oxygen atoms in total. The molecular weight excluding hydrogens is 274 g/mol. The Hall–Kier alpha value is -1.51. The first-order valence-electron chi connectivity index (χ1n) is 8.64. The van der Waals surface area contributed by atoms with Gasteiger partial charge in [0.2, 0.25) is 0 Å². The Labute approximate surface area is 132 Å². The topological polar surface area (TPSA) is 49.3 Å². The van der Waals surface area contributed by atoms with Crippen molar-refractivity contribution in [1.82, 2.24) is 5.32 Å². The van der Waals surface area contributed by atoms with Crippen molar-refractivity contribution >= 4 is 5.91 Å². The largest absolute Gasteiger partial charge is 0.507 e. The van der Waals surface area contributed by atoms with Gasteiger partial charge in [0.15, 0.2) is 0 Å². The first-order valence-corrected chi connectivity index (χ1v) is 8.64. The van der Waals surface area contributed by atoms with E-state index in [9.17, 15) is 9.90 Å². The van der Waals surface area contributed by atoms with Gasteiger partial charge in [-0.15, -0.1) is 0 Å². The number of rotatable bonds is 3. The third-order valence-corrected chi connectivity index (χ3v) is 6.50. The van der Waals surface area contributed by atoms with Crippen molar-refractivity contribution in [2.75, 3.05) is 0 Å². The zero-order valence-electron chi connectivity index (χ0n) is 13.2. The molecule has 0 aromatic heterocycles. The van der Waals surface area contributed by atoms with E-state index in [1.165, 1.54) is 38.5 Å². The molecule has 4 saturated carbocycles. The van der Waals surface area contributed by atoms with E-state index >= 15 is 0 Å². The zero-order valence-corrected chi connectivity index (χ0v) is 13.2. The Kier molecular flexibility index (Phi) is 3.21. The van der Waals surface area contributed by atoms with Gasteiger partial charge in [0.25, 0.3) is 5.91 Å². The van der Waals surface area contributed by atoms with Crippen LogP contribution in [0.2, 0.25) is 0 Å². The standard InChI is InChI=1S/C19H25NO2/c1-12(20-18(22)16-4-2-3-5-17(16)21)19-9-13-6-14(10-19)8-15(7-13)11-19/h2-5,12-15,21H,6-11H2,1H3,(H,20,22)/t12-,13?,14?,15?,19?/m1/s1. The lowest BCUT2D eigenvalue weighted by atomic mass is 9.48. The number of carbonyl (C=O) groups excluding carboxylic acids is 1. The molecule has 4 fully saturated rings. The van der Waals surface area contributed by atoms with Gasteiger partial charge in [0.05, 0.1) is 5.56 Å². The summed E-state index contributed by atoms with van der Waals surface area (Å²) in [5.41, 5.74) is 0.688. The van der Waals surface area contributed by atoms with E-state index in [1.807, 2.05) is 0 Å². The van der Waals surface area contributed by atoms with Gasteiger partial charge in [-0.2, -0.15) is 0 Å². The molecule has 4 aliphatic rings. The number of phenols is 1. The van der Waals surface area contributed by atoms with Gasteiger partial charge in [-0.3, -0.25) is 4.79 Å². The average molecular weight is 299 g/mol. The molecule has 0 unspecified atom stereocenters. The molecule has 0 saturated heterocycles. The molecule has 1 atom stereocenters. The number of hydrogen-bond donors (Lipinski definition) is 2. The van der Waals surface area contributed by atoms with E-state index < -0.39 is 0 Å². The van der Waals surface area contributed by atoms with Crippen molar-refractivity contribution in [2.24, 2.45) is 23.2 Å². The minimum absolute atomic E-state index is 0.0673. The Morgan fingerprint density at radius 3 is 2.23 bits per heavy atom. The maximum Gasteiger partial charge on any atom is 0.255 e. The number of para-hydroxylation sites is 1. The first-order chi connectivity index (χ1) is 10.6. The molecule has 0 spiro atoms. The third kappa shape index (κ3) is 2.22. The van der Waals surface area contributed by atoms with Gasteiger partial charge in [-0.1, -0.05) is 12.1 Å². The highest BCUT2D eigenvalue weighted by molar-refractivity contribution is 5.96. The van der Waals surface area contributed by atoms with Gasteiger partial charge in [-0.25, -0.2) is 0 Å². The fourth-order valence-electron chi connectivity index (χ4n) is 5.80. The second kappa shape index (κ2) is 5.00. The van der Waals surface area contributed by atoms with E-state index in [1.54, 1.807) is 24.3 Å². The fraction of sp³-hybridized carbons (Fsp3) is 0.632. The molecular formula is C19H25NO2. The molecule has 0 aliphatic heterocycles. The number of carbonyl (C=O) groups is 1. The number of phenolic OH excluding ortho intramolecular Hbond substituents is 1. The summed E-state index contributed by atoms with van der Waals surface area (Å²) < 4.78 is 0. The lowest BCUT2D eigenvalue weighted by Gasteiger charge is -2.59. The Balaban J connectivity index is 1.52. The Bertz CT molecular complexity index is 560. The van der Waals surface area contributed by atoms with Crippen molar-refractivity contribution in [3.63, 3.8) is 0 Å². The minimum atomic E-state index is -0.138. The van der Waals surface area contributed by atoms with Crippen molar-refractivity contribution < 1.29 is 9.90 Å². The summed E-state index contributed by atoms with van der Waals surface area (Å²) in [7, 11) is 0. The molecule has 1 amide bonds. The number of aromatic hydroxyl groups is 1.